The van der Waals surface area contributed by atoms with E-state index in [1.54, 1.807) is 6.92 Å². The lowest BCUT2D eigenvalue weighted by atomic mass is 9.95. The van der Waals surface area contributed by atoms with Gasteiger partial charge in [-0.05, 0) is 62.9 Å². The molecule has 2 aromatic carbocycles. The smallest absolute Gasteiger partial charge is 0.132 e. The minimum Gasteiger partial charge on any atom is -0.372 e. The SMILES string of the molecule is CC.CCCC(CCC)C(C)=O.CCCCN(CCC)c1ccc(Cl)c(-c2cc3ccccc3[nH]2)c1. The van der Waals surface area contributed by atoms with Crippen molar-refractivity contribution >= 4 is 34.0 Å². The van der Waals surface area contributed by atoms with Gasteiger partial charge < -0.3 is 9.88 Å². The number of fused-ring (bicyclic) bond motifs is 1. The Balaban J connectivity index is 0.000000458. The van der Waals surface area contributed by atoms with E-state index in [1.807, 2.05) is 26.0 Å². The van der Waals surface area contributed by atoms with Gasteiger partial charge in [0.05, 0.1) is 5.02 Å². The average Bonchev–Trinajstić information content (AvgIpc) is 3.32. The fraction of sp³-hybridized carbons (Fsp3) is 0.531. The summed E-state index contributed by atoms with van der Waals surface area (Å²) in [7, 11) is 0. The summed E-state index contributed by atoms with van der Waals surface area (Å²) < 4.78 is 0. The molecular formula is C32H49ClN2O. The molecule has 0 radical (unpaired) electrons. The molecule has 3 nitrogen and oxygen atoms in total. The molecule has 0 aliphatic heterocycles. The molecule has 36 heavy (non-hydrogen) atoms. The molecule has 0 amide bonds. The predicted octanol–water partition coefficient (Wildman–Crippen LogP) is 10.3. The molecule has 0 saturated carbocycles. The minimum atomic E-state index is 0.343. The average molecular weight is 513 g/mol. The number of carbonyl (C=O) groups is 1. The molecule has 0 atom stereocenters. The molecule has 1 heterocycles. The van der Waals surface area contributed by atoms with Gasteiger partial charge in [-0.2, -0.15) is 0 Å². The van der Waals surface area contributed by atoms with Gasteiger partial charge in [-0.3, -0.25) is 4.79 Å². The molecule has 1 N–H and O–H groups in total. The summed E-state index contributed by atoms with van der Waals surface area (Å²) >= 11 is 6.51. The first-order valence-corrected chi connectivity index (χ1v) is 14.5. The second-order valence-corrected chi connectivity index (χ2v) is 9.57. The zero-order chi connectivity index (χ0) is 26.9. The first-order valence-electron chi connectivity index (χ1n) is 14.1. The van der Waals surface area contributed by atoms with E-state index in [4.69, 9.17) is 11.6 Å². The number of hydrogen-bond donors (Lipinski definition) is 1. The van der Waals surface area contributed by atoms with Crippen molar-refractivity contribution in [3.63, 3.8) is 0 Å². The zero-order valence-electron chi connectivity index (χ0n) is 23.8. The highest BCUT2D eigenvalue weighted by molar-refractivity contribution is 6.33. The first kappa shape index (κ1) is 31.8. The van der Waals surface area contributed by atoms with Crippen LogP contribution in [0.4, 0.5) is 5.69 Å². The topological polar surface area (TPSA) is 36.1 Å². The number of ketones is 1. The van der Waals surface area contributed by atoms with Crippen molar-refractivity contribution < 1.29 is 4.79 Å². The second-order valence-electron chi connectivity index (χ2n) is 9.16. The number of unbranched alkanes of at least 4 members (excludes halogenated alkanes) is 1. The van der Waals surface area contributed by atoms with Crippen molar-refractivity contribution in [2.75, 3.05) is 18.0 Å². The van der Waals surface area contributed by atoms with Gasteiger partial charge in [-0.15, -0.1) is 0 Å². The van der Waals surface area contributed by atoms with Crippen LogP contribution in [0.2, 0.25) is 5.02 Å². The molecule has 0 spiro atoms. The quantitative estimate of drug-likeness (QED) is 0.262. The number of nitrogens with zero attached hydrogens (tertiary/aromatic N) is 1. The summed E-state index contributed by atoms with van der Waals surface area (Å²) in [5.74, 6) is 0.707. The number of H-pyrrole nitrogens is 1. The fourth-order valence-corrected chi connectivity index (χ4v) is 4.59. The molecule has 0 aliphatic rings. The van der Waals surface area contributed by atoms with Crippen LogP contribution in [-0.2, 0) is 4.79 Å². The molecule has 3 rings (SSSR count). The largest absolute Gasteiger partial charge is 0.372 e. The number of benzene rings is 2. The van der Waals surface area contributed by atoms with Crippen molar-refractivity contribution in [3.8, 4) is 11.3 Å². The maximum absolute atomic E-state index is 10.9. The van der Waals surface area contributed by atoms with Crippen molar-refractivity contribution in [2.24, 2.45) is 5.92 Å². The van der Waals surface area contributed by atoms with Crippen LogP contribution in [0.1, 0.15) is 93.4 Å². The van der Waals surface area contributed by atoms with Crippen molar-refractivity contribution in [1.29, 1.82) is 0 Å². The predicted molar refractivity (Wildman–Crippen MR) is 161 cm³/mol. The number of aromatic nitrogens is 1. The summed E-state index contributed by atoms with van der Waals surface area (Å²) in [4.78, 5) is 16.9. The number of aromatic amines is 1. The summed E-state index contributed by atoms with van der Waals surface area (Å²) in [5, 5.41) is 2.00. The number of anilines is 1. The molecule has 0 aliphatic carbocycles. The number of nitrogens with one attached hydrogen (secondary N) is 1. The van der Waals surface area contributed by atoms with Crippen LogP contribution in [0.15, 0.2) is 48.5 Å². The van der Waals surface area contributed by atoms with Gasteiger partial charge in [-0.25, -0.2) is 0 Å². The van der Waals surface area contributed by atoms with E-state index in [-0.39, 0.29) is 0 Å². The Labute approximate surface area is 225 Å². The van der Waals surface area contributed by atoms with Gasteiger partial charge >= 0.3 is 0 Å². The highest BCUT2D eigenvalue weighted by Crippen LogP contribution is 2.33. The number of rotatable bonds is 12. The van der Waals surface area contributed by atoms with Gasteiger partial charge in [0.2, 0.25) is 0 Å². The Morgan fingerprint density at radius 1 is 0.889 bits per heavy atom. The third-order valence-electron chi connectivity index (χ3n) is 6.26. The van der Waals surface area contributed by atoms with Crippen LogP contribution in [0.3, 0.4) is 0 Å². The third-order valence-corrected chi connectivity index (χ3v) is 6.59. The lowest BCUT2D eigenvalue weighted by molar-refractivity contribution is -0.121. The lowest BCUT2D eigenvalue weighted by Gasteiger charge is -2.25. The Morgan fingerprint density at radius 3 is 2.11 bits per heavy atom. The number of hydrogen-bond acceptors (Lipinski definition) is 2. The molecule has 200 valence electrons. The molecule has 4 heteroatoms. The summed E-state index contributed by atoms with van der Waals surface area (Å²) in [5.41, 5.74) is 4.55. The normalized spacial score (nSPS) is 10.5. The van der Waals surface area contributed by atoms with E-state index in [1.165, 1.54) is 23.9 Å². The minimum absolute atomic E-state index is 0.343. The van der Waals surface area contributed by atoms with Gasteiger partial charge in [-0.1, -0.05) is 90.6 Å². The second kappa shape index (κ2) is 18.1. The van der Waals surface area contributed by atoms with E-state index in [0.717, 1.165) is 67.0 Å². The first-order chi connectivity index (χ1) is 17.4. The van der Waals surface area contributed by atoms with Crippen LogP contribution in [0, 0.1) is 5.92 Å². The zero-order valence-corrected chi connectivity index (χ0v) is 24.5. The highest BCUT2D eigenvalue weighted by Gasteiger charge is 2.12. The number of carbonyl (C=O) groups excluding carboxylic acids is 1. The summed E-state index contributed by atoms with van der Waals surface area (Å²) in [6, 6.07) is 16.9. The molecule has 0 unspecified atom stereocenters. The fourth-order valence-electron chi connectivity index (χ4n) is 4.37. The van der Waals surface area contributed by atoms with Crippen LogP contribution in [-0.4, -0.2) is 23.9 Å². The number of Topliss-reactive ketones (excluding diaryl/α,β-unsaturated/α-hetero) is 1. The van der Waals surface area contributed by atoms with Gasteiger partial charge in [0.1, 0.15) is 5.78 Å². The van der Waals surface area contributed by atoms with E-state index in [9.17, 15) is 4.79 Å². The van der Waals surface area contributed by atoms with Gasteiger partial charge in [0.25, 0.3) is 0 Å². The lowest BCUT2D eigenvalue weighted by Crippen LogP contribution is -2.25. The monoisotopic (exact) mass is 512 g/mol. The summed E-state index contributed by atoms with van der Waals surface area (Å²) in [6.45, 7) is 16.6. The van der Waals surface area contributed by atoms with E-state index < -0.39 is 0 Å². The van der Waals surface area contributed by atoms with Crippen LogP contribution >= 0.6 is 11.6 Å². The van der Waals surface area contributed by atoms with Gasteiger partial charge in [0, 0.05) is 46.9 Å². The van der Waals surface area contributed by atoms with Crippen LogP contribution < -0.4 is 4.90 Å². The highest BCUT2D eigenvalue weighted by atomic mass is 35.5. The standard InChI is InChI=1S/C21H25ClN2.C9H18O.C2H6/c1-3-5-13-24(12-4-2)17-10-11-19(22)18(15-17)21-14-16-8-6-7-9-20(16)23-21;1-4-6-9(7-5-2)8(3)10;1-2/h6-11,14-15,23H,3-5,12-13H2,1-2H3;9H,4-7H2,1-3H3;1-2H3. The van der Waals surface area contributed by atoms with Crippen molar-refractivity contribution in [3.05, 3.63) is 53.6 Å². The summed E-state index contributed by atoms with van der Waals surface area (Å²) in [6.07, 6.45) is 7.97. The van der Waals surface area contributed by atoms with Crippen molar-refractivity contribution in [2.45, 2.75) is 93.4 Å². The molecule has 1 aromatic heterocycles. The maximum Gasteiger partial charge on any atom is 0.132 e. The van der Waals surface area contributed by atoms with Crippen LogP contribution in [0.25, 0.3) is 22.2 Å². The van der Waals surface area contributed by atoms with E-state index >= 15 is 0 Å². The molecular weight excluding hydrogens is 464 g/mol. The number of para-hydroxylation sites is 1. The van der Waals surface area contributed by atoms with Gasteiger partial charge in [0.15, 0.2) is 0 Å². The third kappa shape index (κ3) is 10.0. The Morgan fingerprint density at radius 2 is 1.56 bits per heavy atom. The van der Waals surface area contributed by atoms with E-state index in [2.05, 4.69) is 74.0 Å². The number of halogens is 1. The molecule has 0 bridgehead atoms. The van der Waals surface area contributed by atoms with Crippen molar-refractivity contribution in [1.82, 2.24) is 4.98 Å². The Bertz CT molecular complexity index is 971. The molecule has 0 fully saturated rings. The Kier molecular flexibility index (Phi) is 15.9. The maximum atomic E-state index is 10.9. The van der Waals surface area contributed by atoms with Crippen LogP contribution in [0.5, 0.6) is 0 Å². The molecule has 0 saturated heterocycles. The Hall–Kier alpha value is -2.26. The molecule has 3 aromatic rings. The van der Waals surface area contributed by atoms with E-state index in [0.29, 0.717) is 11.7 Å².